The highest BCUT2D eigenvalue weighted by molar-refractivity contribution is 6.32. The van der Waals surface area contributed by atoms with E-state index in [0.29, 0.717) is 28.9 Å². The first-order valence-electron chi connectivity index (χ1n) is 7.88. The number of nitrogens with one attached hydrogen (secondary N) is 1. The van der Waals surface area contributed by atoms with E-state index in [2.05, 4.69) is 5.32 Å². The van der Waals surface area contributed by atoms with Crippen LogP contribution in [0.3, 0.4) is 0 Å². The number of carbonyl (C=O) groups is 2. The van der Waals surface area contributed by atoms with E-state index in [1.54, 1.807) is 18.2 Å². The lowest BCUT2D eigenvalue weighted by Crippen LogP contribution is -2.35. The molecule has 0 unspecified atom stereocenters. The van der Waals surface area contributed by atoms with Gasteiger partial charge in [-0.15, -0.1) is 0 Å². The Balaban J connectivity index is 1.64. The average molecular weight is 332 g/mol. The van der Waals surface area contributed by atoms with E-state index in [-0.39, 0.29) is 24.2 Å². The molecule has 1 saturated heterocycles. The number of halogens is 1. The average Bonchev–Trinajstić information content (AvgIpc) is 3.16. The first kappa shape index (κ1) is 15.8. The molecule has 120 valence electrons. The van der Waals surface area contributed by atoms with Gasteiger partial charge in [0, 0.05) is 24.7 Å². The first-order valence-corrected chi connectivity index (χ1v) is 8.26. The Bertz CT molecular complexity index is 677. The van der Waals surface area contributed by atoms with Gasteiger partial charge in [0.2, 0.25) is 11.8 Å². The Morgan fingerprint density at radius 1 is 1.35 bits per heavy atom. The van der Waals surface area contributed by atoms with Crippen molar-refractivity contribution >= 4 is 29.1 Å². The Morgan fingerprint density at radius 2 is 2.09 bits per heavy atom. The molecule has 2 amide bonds. The summed E-state index contributed by atoms with van der Waals surface area (Å²) in [4.78, 5) is 26.4. The summed E-state index contributed by atoms with van der Waals surface area (Å²) in [5, 5.41) is 12.0. The topological polar surface area (TPSA) is 73.2 Å². The van der Waals surface area contributed by atoms with Crippen LogP contribution in [0.25, 0.3) is 0 Å². The largest absolute Gasteiger partial charge is 0.339 e. The number of rotatable bonds is 3. The summed E-state index contributed by atoms with van der Waals surface area (Å²) in [6.45, 7) is 0.499. The molecule has 1 aliphatic carbocycles. The molecule has 1 saturated carbocycles. The Morgan fingerprint density at radius 3 is 2.74 bits per heavy atom. The second kappa shape index (κ2) is 6.59. The van der Waals surface area contributed by atoms with Gasteiger partial charge in [-0.05, 0) is 31.0 Å². The maximum absolute atomic E-state index is 12.4. The van der Waals surface area contributed by atoms with Crippen LogP contribution in [-0.4, -0.2) is 29.3 Å². The maximum atomic E-state index is 12.4. The molecule has 2 fully saturated rings. The van der Waals surface area contributed by atoms with Crippen molar-refractivity contribution in [3.8, 4) is 6.07 Å². The Labute approximate surface area is 140 Å². The smallest absolute Gasteiger partial charge is 0.229 e. The molecule has 2 aliphatic rings. The van der Waals surface area contributed by atoms with E-state index in [0.717, 1.165) is 25.7 Å². The van der Waals surface area contributed by atoms with E-state index in [4.69, 9.17) is 16.9 Å². The van der Waals surface area contributed by atoms with Crippen molar-refractivity contribution < 1.29 is 9.59 Å². The number of anilines is 1. The van der Waals surface area contributed by atoms with Crippen molar-refractivity contribution in [2.24, 2.45) is 5.92 Å². The van der Waals surface area contributed by atoms with Crippen LogP contribution in [0.4, 0.5) is 5.69 Å². The summed E-state index contributed by atoms with van der Waals surface area (Å²) in [5.41, 5.74) is 0.916. The number of nitriles is 1. The van der Waals surface area contributed by atoms with Gasteiger partial charge in [-0.2, -0.15) is 5.26 Å². The van der Waals surface area contributed by atoms with E-state index >= 15 is 0 Å². The number of amides is 2. The van der Waals surface area contributed by atoms with Crippen LogP contribution in [0.2, 0.25) is 5.02 Å². The van der Waals surface area contributed by atoms with Crippen LogP contribution in [-0.2, 0) is 9.59 Å². The summed E-state index contributed by atoms with van der Waals surface area (Å²) in [5.74, 6) is -0.410. The fourth-order valence-corrected chi connectivity index (χ4v) is 3.63. The highest BCUT2D eigenvalue weighted by atomic mass is 35.5. The van der Waals surface area contributed by atoms with Gasteiger partial charge in [0.15, 0.2) is 0 Å². The van der Waals surface area contributed by atoms with Crippen molar-refractivity contribution in [3.63, 3.8) is 0 Å². The number of benzene rings is 1. The molecule has 1 heterocycles. The number of hydrogen-bond acceptors (Lipinski definition) is 3. The number of hydrogen-bond donors (Lipinski definition) is 1. The molecule has 1 aromatic rings. The molecular weight excluding hydrogens is 314 g/mol. The quantitative estimate of drug-likeness (QED) is 0.925. The second-order valence-electron chi connectivity index (χ2n) is 6.18. The Hall–Kier alpha value is -2.06. The van der Waals surface area contributed by atoms with Gasteiger partial charge in [-0.25, -0.2) is 0 Å². The number of nitrogens with zero attached hydrogens (tertiary/aromatic N) is 2. The lowest BCUT2D eigenvalue weighted by Gasteiger charge is -2.23. The van der Waals surface area contributed by atoms with Crippen molar-refractivity contribution in [2.45, 2.75) is 38.1 Å². The fraction of sp³-hybridized carbons (Fsp3) is 0.471. The first-order chi connectivity index (χ1) is 11.1. The zero-order valence-corrected chi connectivity index (χ0v) is 13.5. The summed E-state index contributed by atoms with van der Waals surface area (Å²) >= 11 is 5.97. The third kappa shape index (κ3) is 3.32. The van der Waals surface area contributed by atoms with E-state index in [9.17, 15) is 9.59 Å². The predicted octanol–water partition coefficient (Wildman–Crippen LogP) is 2.94. The normalized spacial score (nSPS) is 21.5. The summed E-state index contributed by atoms with van der Waals surface area (Å²) < 4.78 is 0. The van der Waals surface area contributed by atoms with Crippen molar-refractivity contribution in [1.29, 1.82) is 5.26 Å². The molecule has 6 heteroatoms. The van der Waals surface area contributed by atoms with Crippen molar-refractivity contribution in [2.75, 3.05) is 11.9 Å². The molecule has 5 nitrogen and oxygen atoms in total. The number of likely N-dealkylation sites (tertiary alicyclic amines) is 1. The molecule has 0 radical (unpaired) electrons. The van der Waals surface area contributed by atoms with Gasteiger partial charge in [0.25, 0.3) is 0 Å². The van der Waals surface area contributed by atoms with E-state index < -0.39 is 0 Å². The van der Waals surface area contributed by atoms with Crippen LogP contribution in [0.15, 0.2) is 18.2 Å². The minimum Gasteiger partial charge on any atom is -0.339 e. The molecule has 23 heavy (non-hydrogen) atoms. The lowest BCUT2D eigenvalue weighted by atomic mass is 10.1. The van der Waals surface area contributed by atoms with Crippen LogP contribution in [0, 0.1) is 17.2 Å². The summed E-state index contributed by atoms with van der Waals surface area (Å²) in [6, 6.07) is 7.07. The van der Waals surface area contributed by atoms with E-state index in [1.165, 1.54) is 0 Å². The number of carbonyl (C=O) groups excluding carboxylic acids is 2. The SMILES string of the molecule is N#Cc1ccc(NC(=O)[C@@H]2CC(=O)N(C3CCCC3)C2)cc1Cl. The monoisotopic (exact) mass is 331 g/mol. The van der Waals surface area contributed by atoms with Gasteiger partial charge in [0.05, 0.1) is 16.5 Å². The summed E-state index contributed by atoms with van der Waals surface area (Å²) in [6.07, 6.45) is 4.69. The molecule has 0 spiro atoms. The standard InChI is InChI=1S/C17H18ClN3O2/c18-15-8-13(6-5-11(15)9-19)20-17(23)12-7-16(22)21(10-12)14-3-1-2-4-14/h5-6,8,12,14H,1-4,7,10H2,(H,20,23)/t12-/m1/s1. The minimum absolute atomic E-state index is 0.0786. The molecule has 0 aromatic heterocycles. The van der Waals surface area contributed by atoms with Gasteiger partial charge >= 0.3 is 0 Å². The van der Waals surface area contributed by atoms with Crippen LogP contribution < -0.4 is 5.32 Å². The minimum atomic E-state index is -0.322. The van der Waals surface area contributed by atoms with Gasteiger partial charge in [-0.1, -0.05) is 24.4 Å². The third-order valence-electron chi connectivity index (χ3n) is 4.65. The molecular formula is C17H18ClN3O2. The maximum Gasteiger partial charge on any atom is 0.229 e. The van der Waals surface area contributed by atoms with Gasteiger partial charge in [0.1, 0.15) is 6.07 Å². The van der Waals surface area contributed by atoms with Crippen molar-refractivity contribution in [3.05, 3.63) is 28.8 Å². The fourth-order valence-electron chi connectivity index (χ4n) is 3.40. The Kier molecular flexibility index (Phi) is 4.53. The van der Waals surface area contributed by atoms with Crippen LogP contribution in [0.5, 0.6) is 0 Å². The van der Waals surface area contributed by atoms with Gasteiger partial charge in [-0.3, -0.25) is 9.59 Å². The van der Waals surface area contributed by atoms with Crippen LogP contribution >= 0.6 is 11.6 Å². The molecule has 1 aromatic carbocycles. The molecule has 1 aliphatic heterocycles. The molecule has 0 bridgehead atoms. The van der Waals surface area contributed by atoms with Crippen LogP contribution in [0.1, 0.15) is 37.7 Å². The second-order valence-corrected chi connectivity index (χ2v) is 6.59. The highest BCUT2D eigenvalue weighted by Gasteiger charge is 2.38. The predicted molar refractivity (Wildman–Crippen MR) is 86.9 cm³/mol. The third-order valence-corrected chi connectivity index (χ3v) is 4.96. The zero-order chi connectivity index (χ0) is 16.4. The molecule has 3 rings (SSSR count). The van der Waals surface area contributed by atoms with E-state index in [1.807, 2.05) is 11.0 Å². The molecule has 1 N–H and O–H groups in total. The highest BCUT2D eigenvalue weighted by Crippen LogP contribution is 2.30. The lowest BCUT2D eigenvalue weighted by molar-refractivity contribution is -0.129. The zero-order valence-electron chi connectivity index (χ0n) is 12.7. The van der Waals surface area contributed by atoms with Crippen molar-refractivity contribution in [1.82, 2.24) is 4.90 Å². The summed E-state index contributed by atoms with van der Waals surface area (Å²) in [7, 11) is 0. The molecule has 1 atom stereocenters. The van der Waals surface area contributed by atoms with Gasteiger partial charge < -0.3 is 10.2 Å².